The highest BCUT2D eigenvalue weighted by atomic mass is 16.2. The third kappa shape index (κ3) is 4.83. The van der Waals surface area contributed by atoms with Crippen LogP contribution >= 0.6 is 0 Å². The van der Waals surface area contributed by atoms with Crippen molar-refractivity contribution in [2.75, 3.05) is 13.1 Å². The van der Waals surface area contributed by atoms with Crippen LogP contribution in [0.25, 0.3) is 11.0 Å². The first-order chi connectivity index (χ1) is 12.2. The second kappa shape index (κ2) is 8.65. The van der Waals surface area contributed by atoms with E-state index in [9.17, 15) is 4.79 Å². The molecule has 26 heavy (non-hydrogen) atoms. The van der Waals surface area contributed by atoms with Gasteiger partial charge in [0.25, 0.3) is 5.91 Å². The minimum absolute atomic E-state index is 0.0931. The maximum Gasteiger partial charge on any atom is 0.255 e. The number of amides is 1. The average molecular weight is 359 g/mol. The van der Waals surface area contributed by atoms with Crippen LogP contribution in [0.4, 0.5) is 0 Å². The summed E-state index contributed by atoms with van der Waals surface area (Å²) in [6.45, 7) is 16.5. The zero-order chi connectivity index (χ0) is 19.4. The molecule has 0 aliphatic carbocycles. The lowest BCUT2D eigenvalue weighted by Crippen LogP contribution is -2.34. The molecule has 1 amide bonds. The molecule has 0 saturated carbocycles. The Kier molecular flexibility index (Phi) is 6.79. The first kappa shape index (κ1) is 20.4. The second-order valence-corrected chi connectivity index (χ2v) is 8.37. The summed E-state index contributed by atoms with van der Waals surface area (Å²) in [5.74, 6) is 1.25. The highest BCUT2D eigenvalue weighted by Gasteiger charge is 2.21. The molecule has 0 atom stereocenters. The molecule has 2 aromatic heterocycles. The molecule has 0 bridgehead atoms. The van der Waals surface area contributed by atoms with Gasteiger partial charge in [-0.25, -0.2) is 9.67 Å². The van der Waals surface area contributed by atoms with Crippen LogP contribution in [-0.4, -0.2) is 38.7 Å². The molecule has 0 radical (unpaired) electrons. The van der Waals surface area contributed by atoms with Crippen LogP contribution in [0.5, 0.6) is 0 Å². The van der Waals surface area contributed by atoms with Crippen molar-refractivity contribution in [1.82, 2.24) is 19.7 Å². The Balaban J connectivity index is 2.32. The van der Waals surface area contributed by atoms with Gasteiger partial charge in [0.15, 0.2) is 5.65 Å². The fraction of sp³-hybridized carbons (Fsp3) is 0.667. The average Bonchev–Trinajstić information content (AvgIpc) is 2.95. The van der Waals surface area contributed by atoms with E-state index in [2.05, 4.69) is 46.6 Å². The number of hydrogen-bond donors (Lipinski definition) is 0. The van der Waals surface area contributed by atoms with E-state index < -0.39 is 0 Å². The standard InChI is InChI=1S/C21H34N4O/c1-14(2)8-10-24(11-9-15(3)4)21(26)19-12-18-13-22-25(16(5)6)20(18)23-17(19)7/h12-16H,8-11H2,1-7H3. The van der Waals surface area contributed by atoms with E-state index in [4.69, 9.17) is 4.98 Å². The van der Waals surface area contributed by atoms with Crippen molar-refractivity contribution in [3.8, 4) is 0 Å². The van der Waals surface area contributed by atoms with E-state index in [1.165, 1.54) is 0 Å². The van der Waals surface area contributed by atoms with Crippen molar-refractivity contribution in [1.29, 1.82) is 0 Å². The SMILES string of the molecule is Cc1nc2c(cnn2C(C)C)cc1C(=O)N(CCC(C)C)CCC(C)C. The zero-order valence-electron chi connectivity index (χ0n) is 17.4. The molecule has 5 heteroatoms. The van der Waals surface area contributed by atoms with Crippen LogP contribution in [0, 0.1) is 18.8 Å². The molecule has 2 aromatic rings. The number of rotatable bonds is 8. The largest absolute Gasteiger partial charge is 0.339 e. The van der Waals surface area contributed by atoms with Gasteiger partial charge in [0, 0.05) is 24.5 Å². The molecule has 0 spiro atoms. The zero-order valence-corrected chi connectivity index (χ0v) is 17.4. The molecular weight excluding hydrogens is 324 g/mol. The van der Waals surface area contributed by atoms with Crippen molar-refractivity contribution in [2.45, 2.75) is 67.3 Å². The number of carbonyl (C=O) groups excluding carboxylic acids is 1. The van der Waals surface area contributed by atoms with Crippen LogP contribution in [0.2, 0.25) is 0 Å². The normalized spacial score (nSPS) is 11.9. The summed E-state index contributed by atoms with van der Waals surface area (Å²) in [5, 5.41) is 5.36. The summed E-state index contributed by atoms with van der Waals surface area (Å²) in [5.41, 5.74) is 2.34. The fourth-order valence-electron chi connectivity index (χ4n) is 2.97. The lowest BCUT2D eigenvalue weighted by atomic mass is 10.1. The molecule has 0 aliphatic heterocycles. The van der Waals surface area contributed by atoms with Gasteiger partial charge in [-0.3, -0.25) is 4.79 Å². The third-order valence-corrected chi connectivity index (χ3v) is 4.72. The molecule has 0 fully saturated rings. The molecule has 0 aliphatic rings. The number of aryl methyl sites for hydroxylation is 1. The smallest absolute Gasteiger partial charge is 0.255 e. The first-order valence-electron chi connectivity index (χ1n) is 9.84. The Morgan fingerprint density at radius 1 is 1.08 bits per heavy atom. The maximum atomic E-state index is 13.2. The van der Waals surface area contributed by atoms with Crippen molar-refractivity contribution in [2.24, 2.45) is 11.8 Å². The first-order valence-corrected chi connectivity index (χ1v) is 9.84. The molecule has 144 valence electrons. The van der Waals surface area contributed by atoms with Gasteiger partial charge in [0.05, 0.1) is 17.5 Å². The van der Waals surface area contributed by atoms with Gasteiger partial charge >= 0.3 is 0 Å². The highest BCUT2D eigenvalue weighted by molar-refractivity contribution is 5.98. The summed E-state index contributed by atoms with van der Waals surface area (Å²) in [6, 6.07) is 2.21. The van der Waals surface area contributed by atoms with Gasteiger partial charge in [0.2, 0.25) is 0 Å². The van der Waals surface area contributed by atoms with Crippen LogP contribution in [0.15, 0.2) is 12.3 Å². The number of aromatic nitrogens is 3. The maximum absolute atomic E-state index is 13.2. The number of hydrogen-bond acceptors (Lipinski definition) is 3. The Morgan fingerprint density at radius 3 is 2.15 bits per heavy atom. The van der Waals surface area contributed by atoms with Gasteiger partial charge in [-0.2, -0.15) is 5.10 Å². The Bertz CT molecular complexity index is 734. The molecule has 0 unspecified atom stereocenters. The molecule has 2 rings (SSSR count). The topological polar surface area (TPSA) is 51.0 Å². The number of nitrogens with zero attached hydrogens (tertiary/aromatic N) is 4. The van der Waals surface area contributed by atoms with Crippen molar-refractivity contribution >= 4 is 16.9 Å². The molecule has 0 saturated heterocycles. The number of fused-ring (bicyclic) bond motifs is 1. The van der Waals surface area contributed by atoms with Gasteiger partial charge in [-0.15, -0.1) is 0 Å². The Morgan fingerprint density at radius 2 is 1.65 bits per heavy atom. The number of carbonyl (C=O) groups is 1. The van der Waals surface area contributed by atoms with Crippen LogP contribution in [-0.2, 0) is 0 Å². The van der Waals surface area contributed by atoms with E-state index in [1.54, 1.807) is 0 Å². The highest BCUT2D eigenvalue weighted by Crippen LogP contribution is 2.21. The minimum atomic E-state index is 0.0931. The molecule has 0 N–H and O–H groups in total. The minimum Gasteiger partial charge on any atom is -0.339 e. The van der Waals surface area contributed by atoms with E-state index >= 15 is 0 Å². The van der Waals surface area contributed by atoms with Crippen LogP contribution in [0.3, 0.4) is 0 Å². The summed E-state index contributed by atoms with van der Waals surface area (Å²) in [7, 11) is 0. The third-order valence-electron chi connectivity index (χ3n) is 4.72. The lowest BCUT2D eigenvalue weighted by Gasteiger charge is -2.25. The van der Waals surface area contributed by atoms with Gasteiger partial charge in [-0.05, 0) is 51.5 Å². The van der Waals surface area contributed by atoms with E-state index in [1.807, 2.05) is 28.8 Å². The van der Waals surface area contributed by atoms with Crippen LogP contribution in [0.1, 0.15) is 76.5 Å². The summed E-state index contributed by atoms with van der Waals surface area (Å²) < 4.78 is 1.91. The summed E-state index contributed by atoms with van der Waals surface area (Å²) in [6.07, 6.45) is 3.85. The van der Waals surface area contributed by atoms with Gasteiger partial charge in [0.1, 0.15) is 0 Å². The molecule has 2 heterocycles. The molecule has 0 aromatic carbocycles. The summed E-state index contributed by atoms with van der Waals surface area (Å²) in [4.78, 5) is 19.9. The van der Waals surface area contributed by atoms with E-state index in [-0.39, 0.29) is 11.9 Å². The van der Waals surface area contributed by atoms with Gasteiger partial charge in [-0.1, -0.05) is 27.7 Å². The molecule has 5 nitrogen and oxygen atoms in total. The molecular formula is C21H34N4O. The Hall–Kier alpha value is -1.91. The predicted octanol–water partition coefficient (Wildman–Crippen LogP) is 4.86. The van der Waals surface area contributed by atoms with E-state index in [0.717, 1.165) is 42.7 Å². The van der Waals surface area contributed by atoms with Gasteiger partial charge < -0.3 is 4.90 Å². The van der Waals surface area contributed by atoms with Crippen molar-refractivity contribution in [3.05, 3.63) is 23.5 Å². The summed E-state index contributed by atoms with van der Waals surface area (Å²) >= 11 is 0. The quantitative estimate of drug-likeness (QED) is 0.677. The predicted molar refractivity (Wildman–Crippen MR) is 107 cm³/mol. The second-order valence-electron chi connectivity index (χ2n) is 8.37. The van der Waals surface area contributed by atoms with Crippen LogP contribution < -0.4 is 0 Å². The van der Waals surface area contributed by atoms with E-state index in [0.29, 0.717) is 17.4 Å². The fourth-order valence-corrected chi connectivity index (χ4v) is 2.97. The monoisotopic (exact) mass is 358 g/mol. The number of pyridine rings is 1. The van der Waals surface area contributed by atoms with Crippen molar-refractivity contribution < 1.29 is 4.79 Å². The lowest BCUT2D eigenvalue weighted by molar-refractivity contribution is 0.0740. The Labute approximate surface area is 157 Å². The van der Waals surface area contributed by atoms with Crippen molar-refractivity contribution in [3.63, 3.8) is 0 Å².